The van der Waals surface area contributed by atoms with Gasteiger partial charge in [-0.3, -0.25) is 14.8 Å². The molecule has 2 atom stereocenters. The second-order valence-electron chi connectivity index (χ2n) is 8.87. The Morgan fingerprint density at radius 2 is 1.76 bits per heavy atom. The number of carbonyl (C=O) groups excluding carboxylic acids is 1. The molecule has 0 spiro atoms. The summed E-state index contributed by atoms with van der Waals surface area (Å²) < 4.78 is 47.0. The minimum atomic E-state index is -3.01. The summed E-state index contributed by atoms with van der Waals surface area (Å²) in [5.41, 5.74) is 5.84. The van der Waals surface area contributed by atoms with Crippen molar-refractivity contribution in [2.45, 2.75) is 52.6 Å². The standard InChI is InChI=1S/C24H29F3N4O2S/c1-14(2)33-24(32)19-10-18-9-17(20-11-28-13-34-20)12-31(18)21(15(19)3)16(4)29-5-7-30(8-6-29)23(27)22(25)26/h9-14,16,22-23H,5-8H2,1-4H3. The fraction of sp³-hybridized carbons (Fsp3) is 0.500. The van der Waals surface area contributed by atoms with Gasteiger partial charge in [0.05, 0.1) is 22.1 Å². The van der Waals surface area contributed by atoms with Crippen molar-refractivity contribution < 1.29 is 22.7 Å². The Balaban J connectivity index is 1.72. The van der Waals surface area contributed by atoms with Gasteiger partial charge in [0, 0.05) is 61.4 Å². The highest BCUT2D eigenvalue weighted by Crippen LogP contribution is 2.33. The number of piperazine rings is 1. The van der Waals surface area contributed by atoms with Crippen LogP contribution in [-0.4, -0.2) is 70.2 Å². The van der Waals surface area contributed by atoms with E-state index < -0.39 is 12.7 Å². The first-order valence-corrected chi connectivity index (χ1v) is 12.2. The summed E-state index contributed by atoms with van der Waals surface area (Å²) in [5, 5.41) is 0. The van der Waals surface area contributed by atoms with Gasteiger partial charge in [-0.1, -0.05) is 0 Å². The molecule has 0 bridgehead atoms. The van der Waals surface area contributed by atoms with E-state index in [0.29, 0.717) is 18.7 Å². The number of rotatable bonds is 7. The van der Waals surface area contributed by atoms with Crippen LogP contribution in [0.15, 0.2) is 30.0 Å². The first-order chi connectivity index (χ1) is 16.2. The van der Waals surface area contributed by atoms with E-state index in [4.69, 9.17) is 4.74 Å². The number of hydrogen-bond donors (Lipinski definition) is 0. The second-order valence-corrected chi connectivity index (χ2v) is 9.75. The normalized spacial score (nSPS) is 17.6. The average molecular weight is 495 g/mol. The van der Waals surface area contributed by atoms with E-state index in [2.05, 4.69) is 14.3 Å². The number of ether oxygens (including phenoxy) is 1. The van der Waals surface area contributed by atoms with Crippen LogP contribution in [-0.2, 0) is 4.74 Å². The summed E-state index contributed by atoms with van der Waals surface area (Å²) in [5.74, 6) is -0.383. The highest BCUT2D eigenvalue weighted by molar-refractivity contribution is 7.13. The average Bonchev–Trinajstić information content (AvgIpc) is 3.47. The quantitative estimate of drug-likeness (QED) is 0.335. The van der Waals surface area contributed by atoms with E-state index in [0.717, 1.165) is 27.2 Å². The lowest BCUT2D eigenvalue weighted by Crippen LogP contribution is -2.51. The Hall–Kier alpha value is -2.43. The van der Waals surface area contributed by atoms with Crippen LogP contribution >= 0.6 is 11.3 Å². The third-order valence-corrected chi connectivity index (χ3v) is 7.14. The van der Waals surface area contributed by atoms with Gasteiger partial charge in [0.15, 0.2) is 0 Å². The van der Waals surface area contributed by atoms with Gasteiger partial charge in [-0.2, -0.15) is 0 Å². The molecule has 1 aliphatic heterocycles. The van der Waals surface area contributed by atoms with Crippen molar-refractivity contribution >= 4 is 22.8 Å². The lowest BCUT2D eigenvalue weighted by Gasteiger charge is -2.39. The molecule has 0 aliphatic carbocycles. The molecule has 1 aliphatic rings. The van der Waals surface area contributed by atoms with Crippen LogP contribution in [0.5, 0.6) is 0 Å². The highest BCUT2D eigenvalue weighted by Gasteiger charge is 2.33. The van der Waals surface area contributed by atoms with E-state index in [9.17, 15) is 18.0 Å². The molecule has 0 radical (unpaired) electrons. The number of aromatic nitrogens is 2. The fourth-order valence-corrected chi connectivity index (χ4v) is 5.18. The van der Waals surface area contributed by atoms with Crippen molar-refractivity contribution in [2.24, 2.45) is 0 Å². The third-order valence-electron chi connectivity index (χ3n) is 6.32. The van der Waals surface area contributed by atoms with Gasteiger partial charge in [-0.15, -0.1) is 11.3 Å². The molecule has 2 unspecified atom stereocenters. The van der Waals surface area contributed by atoms with Gasteiger partial charge in [0.25, 0.3) is 6.43 Å². The number of hydrogen-bond acceptors (Lipinski definition) is 6. The Labute approximate surface area is 200 Å². The summed E-state index contributed by atoms with van der Waals surface area (Å²) in [7, 11) is 0. The molecule has 10 heteroatoms. The maximum Gasteiger partial charge on any atom is 0.338 e. The van der Waals surface area contributed by atoms with Crippen molar-refractivity contribution in [3.63, 3.8) is 0 Å². The van der Waals surface area contributed by atoms with Crippen molar-refractivity contribution in [2.75, 3.05) is 26.2 Å². The molecule has 0 aromatic carbocycles. The maximum absolute atomic E-state index is 13.8. The number of nitrogens with zero attached hydrogens (tertiary/aromatic N) is 4. The summed E-state index contributed by atoms with van der Waals surface area (Å²) >= 11 is 1.53. The molecule has 3 aromatic rings. The van der Waals surface area contributed by atoms with Crippen LogP contribution in [0.1, 0.15) is 48.4 Å². The minimum absolute atomic E-state index is 0.136. The summed E-state index contributed by atoms with van der Waals surface area (Å²) in [6, 6.07) is 3.72. The van der Waals surface area contributed by atoms with E-state index >= 15 is 0 Å². The van der Waals surface area contributed by atoms with Gasteiger partial charge in [0.1, 0.15) is 0 Å². The first kappa shape index (κ1) is 24.7. The van der Waals surface area contributed by atoms with E-state index in [-0.39, 0.29) is 31.2 Å². The molecular weight excluding hydrogens is 465 g/mol. The predicted octanol–water partition coefficient (Wildman–Crippen LogP) is 5.18. The molecule has 3 aromatic heterocycles. The maximum atomic E-state index is 13.8. The van der Waals surface area contributed by atoms with Crippen molar-refractivity contribution in [1.29, 1.82) is 0 Å². The lowest BCUT2D eigenvalue weighted by atomic mass is 10.0. The Kier molecular flexibility index (Phi) is 7.30. The number of pyridine rings is 1. The number of alkyl halides is 3. The Bertz CT molecular complexity index is 1140. The number of fused-ring (bicyclic) bond motifs is 1. The third kappa shape index (κ3) is 4.85. The van der Waals surface area contributed by atoms with Crippen LogP contribution in [0.2, 0.25) is 0 Å². The zero-order valence-corrected chi connectivity index (χ0v) is 20.5. The van der Waals surface area contributed by atoms with E-state index in [1.54, 1.807) is 11.7 Å². The smallest absolute Gasteiger partial charge is 0.338 e. The van der Waals surface area contributed by atoms with Gasteiger partial charge >= 0.3 is 5.97 Å². The highest BCUT2D eigenvalue weighted by atomic mass is 32.1. The van der Waals surface area contributed by atoms with Gasteiger partial charge in [-0.25, -0.2) is 18.0 Å². The van der Waals surface area contributed by atoms with Crippen LogP contribution in [0.4, 0.5) is 13.2 Å². The minimum Gasteiger partial charge on any atom is -0.459 e. The van der Waals surface area contributed by atoms with Gasteiger partial charge < -0.3 is 9.14 Å². The van der Waals surface area contributed by atoms with Gasteiger partial charge in [0.2, 0.25) is 6.30 Å². The summed E-state index contributed by atoms with van der Waals surface area (Å²) in [4.78, 5) is 21.4. The molecule has 1 saturated heterocycles. The SMILES string of the molecule is Cc1c(C(=O)OC(C)C)cc2cc(-c3cncs3)cn2c1C(C)N1CCN(C(F)C(F)F)CC1. The van der Waals surface area contributed by atoms with Crippen molar-refractivity contribution in [1.82, 2.24) is 19.2 Å². The summed E-state index contributed by atoms with van der Waals surface area (Å²) in [6.45, 7) is 8.87. The lowest BCUT2D eigenvalue weighted by molar-refractivity contribution is -0.0688. The summed E-state index contributed by atoms with van der Waals surface area (Å²) in [6.07, 6.45) is -1.67. The Morgan fingerprint density at radius 1 is 1.09 bits per heavy atom. The molecule has 6 nitrogen and oxygen atoms in total. The van der Waals surface area contributed by atoms with Gasteiger partial charge in [-0.05, 0) is 45.4 Å². The van der Waals surface area contributed by atoms with Crippen LogP contribution < -0.4 is 0 Å². The second kappa shape index (κ2) is 10.1. The number of carbonyl (C=O) groups is 1. The molecule has 1 fully saturated rings. The largest absolute Gasteiger partial charge is 0.459 e. The van der Waals surface area contributed by atoms with E-state index in [1.165, 1.54) is 16.2 Å². The number of halogens is 3. The van der Waals surface area contributed by atoms with E-state index in [1.807, 2.05) is 46.0 Å². The van der Waals surface area contributed by atoms with Crippen LogP contribution in [0.25, 0.3) is 16.0 Å². The molecule has 4 rings (SSSR count). The predicted molar refractivity (Wildman–Crippen MR) is 126 cm³/mol. The molecule has 184 valence electrons. The van der Waals surface area contributed by atoms with Crippen LogP contribution in [0, 0.1) is 6.92 Å². The van der Waals surface area contributed by atoms with Crippen LogP contribution in [0.3, 0.4) is 0 Å². The zero-order chi connectivity index (χ0) is 24.6. The fourth-order valence-electron chi connectivity index (χ4n) is 4.58. The molecule has 0 saturated carbocycles. The van der Waals surface area contributed by atoms with Crippen molar-refractivity contribution in [3.8, 4) is 10.4 Å². The topological polar surface area (TPSA) is 50.1 Å². The zero-order valence-electron chi connectivity index (χ0n) is 19.7. The molecule has 34 heavy (non-hydrogen) atoms. The molecule has 0 amide bonds. The molecule has 0 N–H and O–H groups in total. The Morgan fingerprint density at radius 3 is 2.35 bits per heavy atom. The molecular formula is C24H29F3N4O2S. The van der Waals surface area contributed by atoms with Crippen molar-refractivity contribution in [3.05, 3.63) is 46.9 Å². The number of esters is 1. The number of thiazole rings is 1. The molecule has 4 heterocycles. The monoisotopic (exact) mass is 494 g/mol. The first-order valence-electron chi connectivity index (χ1n) is 11.3.